The Morgan fingerprint density at radius 2 is 1.09 bits per heavy atom. The second-order valence-electron chi connectivity index (χ2n) is 11.0. The van der Waals surface area contributed by atoms with E-state index in [4.69, 9.17) is 14.4 Å². The number of aromatic nitrogens is 2. The van der Waals surface area contributed by atoms with Crippen molar-refractivity contribution in [2.24, 2.45) is 0 Å². The molecule has 3 heterocycles. The van der Waals surface area contributed by atoms with Crippen molar-refractivity contribution in [2.75, 3.05) is 0 Å². The molecule has 0 radical (unpaired) electrons. The van der Waals surface area contributed by atoms with Crippen LogP contribution < -0.4 is 0 Å². The minimum absolute atomic E-state index is 0.642. The fourth-order valence-corrected chi connectivity index (χ4v) is 7.38. The first-order chi connectivity index (χ1) is 21.8. The van der Waals surface area contributed by atoms with Gasteiger partial charge in [-0.3, -0.25) is 0 Å². The van der Waals surface area contributed by atoms with Crippen molar-refractivity contribution in [1.82, 2.24) is 9.97 Å². The molecule has 9 rings (SSSR count). The Hall–Kier alpha value is -5.58. The molecule has 0 aliphatic heterocycles. The fraction of sp³-hybridized carbons (Fsp3) is 0. The number of hydrogen-bond acceptors (Lipinski definition) is 4. The molecule has 206 valence electrons. The van der Waals surface area contributed by atoms with Crippen LogP contribution in [0.3, 0.4) is 0 Å². The summed E-state index contributed by atoms with van der Waals surface area (Å²) < 4.78 is 9.24. The Kier molecular flexibility index (Phi) is 5.68. The normalized spacial score (nSPS) is 11.6. The highest BCUT2D eigenvalue weighted by atomic mass is 32.1. The summed E-state index contributed by atoms with van der Waals surface area (Å²) in [6.45, 7) is 0. The first-order valence-corrected chi connectivity index (χ1v) is 15.5. The van der Waals surface area contributed by atoms with Gasteiger partial charge in [0.15, 0.2) is 5.82 Å². The zero-order valence-electron chi connectivity index (χ0n) is 23.6. The smallest absolute Gasteiger partial charge is 0.164 e. The van der Waals surface area contributed by atoms with E-state index < -0.39 is 0 Å². The predicted octanol–water partition coefficient (Wildman–Crippen LogP) is 11.4. The zero-order chi connectivity index (χ0) is 29.0. The molecule has 0 bridgehead atoms. The van der Waals surface area contributed by atoms with Crippen LogP contribution in [0.4, 0.5) is 0 Å². The lowest BCUT2D eigenvalue weighted by atomic mass is 9.98. The summed E-state index contributed by atoms with van der Waals surface area (Å²) >= 11 is 1.84. The average Bonchev–Trinajstić information content (AvgIpc) is 3.67. The van der Waals surface area contributed by atoms with Gasteiger partial charge in [0, 0.05) is 42.1 Å². The van der Waals surface area contributed by atoms with E-state index in [0.29, 0.717) is 5.82 Å². The van der Waals surface area contributed by atoms with Gasteiger partial charge in [-0.25, -0.2) is 9.97 Å². The van der Waals surface area contributed by atoms with Crippen LogP contribution in [0.1, 0.15) is 0 Å². The lowest BCUT2D eigenvalue weighted by Crippen LogP contribution is -1.96. The molecule has 0 spiro atoms. The summed E-state index contributed by atoms with van der Waals surface area (Å²) in [6.07, 6.45) is 0. The maximum atomic E-state index is 6.65. The molecule has 0 amide bonds. The van der Waals surface area contributed by atoms with E-state index in [1.54, 1.807) is 0 Å². The minimum Gasteiger partial charge on any atom is -0.455 e. The standard InChI is InChI=1S/C40H24N2OS/c1-3-11-25(12-4-1)33-24-34(26-13-5-2-6-14-26)42-40(41-33)32-18-9-17-31-38-28(16-10-19-35(38)43-39(31)32)27-21-22-30-29-15-7-8-20-36(29)44-37(30)23-27/h1-24H. The van der Waals surface area contributed by atoms with Gasteiger partial charge in [0.1, 0.15) is 11.2 Å². The molecular weight excluding hydrogens is 557 g/mol. The maximum Gasteiger partial charge on any atom is 0.164 e. The summed E-state index contributed by atoms with van der Waals surface area (Å²) in [5.74, 6) is 0.642. The van der Waals surface area contributed by atoms with E-state index in [9.17, 15) is 0 Å². The third-order valence-electron chi connectivity index (χ3n) is 8.32. The van der Waals surface area contributed by atoms with Crippen molar-refractivity contribution in [3.05, 3.63) is 146 Å². The van der Waals surface area contributed by atoms with Gasteiger partial charge in [0.05, 0.1) is 17.0 Å². The highest BCUT2D eigenvalue weighted by molar-refractivity contribution is 7.25. The molecule has 6 aromatic carbocycles. The van der Waals surface area contributed by atoms with Gasteiger partial charge < -0.3 is 4.42 Å². The van der Waals surface area contributed by atoms with Crippen molar-refractivity contribution < 1.29 is 4.42 Å². The Balaban J connectivity index is 1.26. The SMILES string of the molecule is c1ccc(-c2cc(-c3ccccc3)nc(-c3cccc4c3oc3cccc(-c5ccc6c(c5)sc5ccccc56)c34)n2)cc1. The molecule has 0 aliphatic rings. The van der Waals surface area contributed by atoms with Gasteiger partial charge in [-0.15, -0.1) is 11.3 Å². The molecule has 4 heteroatoms. The van der Waals surface area contributed by atoms with E-state index in [-0.39, 0.29) is 0 Å². The van der Waals surface area contributed by atoms with Crippen LogP contribution in [0.5, 0.6) is 0 Å². The van der Waals surface area contributed by atoms with Gasteiger partial charge >= 0.3 is 0 Å². The molecule has 0 N–H and O–H groups in total. The van der Waals surface area contributed by atoms with Gasteiger partial charge in [0.2, 0.25) is 0 Å². The topological polar surface area (TPSA) is 38.9 Å². The highest BCUT2D eigenvalue weighted by Gasteiger charge is 2.19. The Labute approximate surface area is 257 Å². The van der Waals surface area contributed by atoms with Crippen LogP contribution in [0.2, 0.25) is 0 Å². The maximum absolute atomic E-state index is 6.65. The van der Waals surface area contributed by atoms with Gasteiger partial charge in [-0.2, -0.15) is 0 Å². The van der Waals surface area contributed by atoms with Crippen molar-refractivity contribution in [3.8, 4) is 45.0 Å². The number of para-hydroxylation sites is 1. The van der Waals surface area contributed by atoms with Crippen LogP contribution in [0, 0.1) is 0 Å². The largest absolute Gasteiger partial charge is 0.455 e. The van der Waals surface area contributed by atoms with Crippen LogP contribution >= 0.6 is 11.3 Å². The third kappa shape index (κ3) is 4.03. The van der Waals surface area contributed by atoms with Crippen molar-refractivity contribution in [3.63, 3.8) is 0 Å². The quantitative estimate of drug-likeness (QED) is 0.208. The van der Waals surface area contributed by atoms with Gasteiger partial charge in [-0.05, 0) is 41.5 Å². The highest BCUT2D eigenvalue weighted by Crippen LogP contribution is 2.42. The fourth-order valence-electron chi connectivity index (χ4n) is 6.24. The van der Waals surface area contributed by atoms with Crippen molar-refractivity contribution >= 4 is 53.4 Å². The molecule has 44 heavy (non-hydrogen) atoms. The summed E-state index contributed by atoms with van der Waals surface area (Å²) in [5, 5.41) is 4.76. The molecule has 0 atom stereocenters. The number of rotatable bonds is 4. The van der Waals surface area contributed by atoms with E-state index in [2.05, 4.69) is 109 Å². The zero-order valence-corrected chi connectivity index (χ0v) is 24.4. The first kappa shape index (κ1) is 25.0. The number of hydrogen-bond donors (Lipinski definition) is 0. The molecule has 0 fully saturated rings. The van der Waals surface area contributed by atoms with Crippen molar-refractivity contribution in [1.29, 1.82) is 0 Å². The first-order valence-electron chi connectivity index (χ1n) is 14.7. The van der Waals surface area contributed by atoms with Crippen LogP contribution in [-0.4, -0.2) is 9.97 Å². The average molecular weight is 581 g/mol. The number of fused-ring (bicyclic) bond motifs is 6. The Bertz CT molecular complexity index is 2440. The number of benzene rings is 6. The Morgan fingerprint density at radius 1 is 0.455 bits per heavy atom. The van der Waals surface area contributed by atoms with E-state index in [0.717, 1.165) is 55.6 Å². The van der Waals surface area contributed by atoms with Crippen LogP contribution in [0.25, 0.3) is 87.1 Å². The molecule has 3 nitrogen and oxygen atoms in total. The summed E-state index contributed by atoms with van der Waals surface area (Å²) in [6, 6.07) is 50.6. The Morgan fingerprint density at radius 3 is 1.86 bits per heavy atom. The second kappa shape index (κ2) is 10.0. The summed E-state index contributed by atoms with van der Waals surface area (Å²) in [7, 11) is 0. The molecule has 0 unspecified atom stereocenters. The molecule has 9 aromatic rings. The number of nitrogens with zero attached hydrogens (tertiary/aromatic N) is 2. The van der Waals surface area contributed by atoms with Gasteiger partial charge in [-0.1, -0.05) is 115 Å². The molecular formula is C40H24N2OS. The minimum atomic E-state index is 0.642. The predicted molar refractivity (Wildman–Crippen MR) is 184 cm³/mol. The summed E-state index contributed by atoms with van der Waals surface area (Å²) in [4.78, 5) is 10.2. The monoisotopic (exact) mass is 580 g/mol. The third-order valence-corrected chi connectivity index (χ3v) is 9.45. The van der Waals surface area contributed by atoms with Crippen LogP contribution in [-0.2, 0) is 0 Å². The van der Waals surface area contributed by atoms with E-state index >= 15 is 0 Å². The number of thiophene rings is 1. The van der Waals surface area contributed by atoms with Crippen molar-refractivity contribution in [2.45, 2.75) is 0 Å². The van der Waals surface area contributed by atoms with Gasteiger partial charge in [0.25, 0.3) is 0 Å². The molecule has 3 aromatic heterocycles. The lowest BCUT2D eigenvalue weighted by Gasteiger charge is -2.09. The molecule has 0 saturated heterocycles. The van der Waals surface area contributed by atoms with E-state index in [1.807, 2.05) is 47.7 Å². The van der Waals surface area contributed by atoms with Crippen LogP contribution in [0.15, 0.2) is 150 Å². The molecule has 0 aliphatic carbocycles. The second-order valence-corrected chi connectivity index (χ2v) is 12.1. The summed E-state index contributed by atoms with van der Waals surface area (Å²) in [5.41, 5.74) is 8.69. The lowest BCUT2D eigenvalue weighted by molar-refractivity contribution is 0.669. The molecule has 0 saturated carbocycles. The van der Waals surface area contributed by atoms with E-state index in [1.165, 1.54) is 25.7 Å². The number of furan rings is 1.